The number of benzene rings is 2. The third-order valence-corrected chi connectivity index (χ3v) is 5.08. The summed E-state index contributed by atoms with van der Waals surface area (Å²) in [6, 6.07) is 7.01. The van der Waals surface area contributed by atoms with Gasteiger partial charge in [0.2, 0.25) is 0 Å². The summed E-state index contributed by atoms with van der Waals surface area (Å²) in [5, 5.41) is 11.1. The standard InChI is InChI=1S/C18H18F2N2O7S/c1-21(10-11-4-5-15(29-18(19)20)16(6-11)28-2)17(23)12-7-13(22(24)25)9-14(8-12)30(3,26)27/h4-9,18H,10H2,1-3H3. The number of sulfone groups is 1. The summed E-state index contributed by atoms with van der Waals surface area (Å²) in [7, 11) is -1.12. The summed E-state index contributed by atoms with van der Waals surface area (Å²) >= 11 is 0. The van der Waals surface area contributed by atoms with E-state index in [-0.39, 0.29) is 28.5 Å². The minimum absolute atomic E-state index is 0.0128. The van der Waals surface area contributed by atoms with Gasteiger partial charge in [-0.25, -0.2) is 8.42 Å². The highest BCUT2D eigenvalue weighted by molar-refractivity contribution is 7.90. The maximum Gasteiger partial charge on any atom is 0.387 e. The molecule has 0 aliphatic heterocycles. The number of carbonyl (C=O) groups excluding carboxylic acids is 1. The molecule has 0 aromatic heterocycles. The fraction of sp³-hybridized carbons (Fsp3) is 0.278. The Labute approximate surface area is 170 Å². The number of amides is 1. The number of non-ortho nitro benzene ring substituents is 1. The number of nitro groups is 1. The van der Waals surface area contributed by atoms with Crippen LogP contribution in [0.4, 0.5) is 14.5 Å². The Bertz CT molecular complexity index is 1070. The Balaban J connectivity index is 2.32. The number of hydrogen-bond donors (Lipinski definition) is 0. The number of ether oxygens (including phenoxy) is 2. The van der Waals surface area contributed by atoms with Crippen LogP contribution in [-0.4, -0.2) is 51.2 Å². The van der Waals surface area contributed by atoms with Crippen LogP contribution in [0.3, 0.4) is 0 Å². The van der Waals surface area contributed by atoms with Crippen molar-refractivity contribution in [2.75, 3.05) is 20.4 Å². The minimum Gasteiger partial charge on any atom is -0.493 e. The van der Waals surface area contributed by atoms with E-state index in [9.17, 15) is 32.1 Å². The molecule has 0 atom stereocenters. The van der Waals surface area contributed by atoms with Crippen LogP contribution in [-0.2, 0) is 16.4 Å². The molecule has 2 aromatic rings. The fourth-order valence-electron chi connectivity index (χ4n) is 2.60. The van der Waals surface area contributed by atoms with E-state index in [1.165, 1.54) is 37.3 Å². The highest BCUT2D eigenvalue weighted by Crippen LogP contribution is 2.30. The van der Waals surface area contributed by atoms with Gasteiger partial charge in [-0.15, -0.1) is 0 Å². The van der Waals surface area contributed by atoms with Crippen LogP contribution >= 0.6 is 0 Å². The Hall–Kier alpha value is -3.28. The zero-order valence-corrected chi connectivity index (χ0v) is 17.0. The topological polar surface area (TPSA) is 116 Å². The second-order valence-corrected chi connectivity index (χ2v) is 8.29. The van der Waals surface area contributed by atoms with Gasteiger partial charge in [-0.2, -0.15) is 8.78 Å². The molecule has 0 fully saturated rings. The van der Waals surface area contributed by atoms with Crippen LogP contribution < -0.4 is 9.47 Å². The lowest BCUT2D eigenvalue weighted by molar-refractivity contribution is -0.385. The molecule has 162 valence electrons. The monoisotopic (exact) mass is 444 g/mol. The lowest BCUT2D eigenvalue weighted by atomic mass is 10.1. The molecule has 0 saturated carbocycles. The number of nitrogens with zero attached hydrogens (tertiary/aromatic N) is 2. The average Bonchev–Trinajstić information content (AvgIpc) is 2.66. The first kappa shape index (κ1) is 23.0. The smallest absolute Gasteiger partial charge is 0.387 e. The molecule has 0 radical (unpaired) electrons. The van der Waals surface area contributed by atoms with E-state index < -0.39 is 33.0 Å². The quantitative estimate of drug-likeness (QED) is 0.454. The summed E-state index contributed by atoms with van der Waals surface area (Å²) in [4.78, 5) is 23.9. The van der Waals surface area contributed by atoms with Crippen molar-refractivity contribution < 1.29 is 36.4 Å². The third-order valence-electron chi connectivity index (χ3n) is 3.99. The molecule has 0 aliphatic carbocycles. The van der Waals surface area contributed by atoms with E-state index in [1.54, 1.807) is 0 Å². The van der Waals surface area contributed by atoms with Gasteiger partial charge in [0.05, 0.1) is 16.9 Å². The molecule has 2 rings (SSSR count). The minimum atomic E-state index is -3.79. The summed E-state index contributed by atoms with van der Waals surface area (Å²) in [5.41, 5.74) is -0.223. The van der Waals surface area contributed by atoms with Crippen molar-refractivity contribution in [1.29, 1.82) is 0 Å². The number of nitro benzene ring substituents is 1. The lowest BCUT2D eigenvalue weighted by Gasteiger charge is -2.19. The Morgan fingerprint density at radius 3 is 2.40 bits per heavy atom. The van der Waals surface area contributed by atoms with E-state index in [0.29, 0.717) is 5.56 Å². The molecule has 0 heterocycles. The van der Waals surface area contributed by atoms with Gasteiger partial charge in [-0.05, 0) is 23.8 Å². The summed E-state index contributed by atoms with van der Waals surface area (Å²) < 4.78 is 57.8. The first-order valence-corrected chi connectivity index (χ1v) is 10.2. The van der Waals surface area contributed by atoms with Gasteiger partial charge in [-0.3, -0.25) is 14.9 Å². The van der Waals surface area contributed by atoms with Gasteiger partial charge in [0.1, 0.15) is 0 Å². The molecule has 12 heteroatoms. The van der Waals surface area contributed by atoms with Crippen molar-refractivity contribution >= 4 is 21.4 Å². The number of carbonyl (C=O) groups is 1. The average molecular weight is 444 g/mol. The highest BCUT2D eigenvalue weighted by atomic mass is 32.2. The molecule has 2 aromatic carbocycles. The Kier molecular flexibility index (Phi) is 6.92. The summed E-state index contributed by atoms with van der Waals surface area (Å²) in [5.74, 6) is -0.819. The highest BCUT2D eigenvalue weighted by Gasteiger charge is 2.21. The molecular formula is C18H18F2N2O7S. The predicted molar refractivity (Wildman–Crippen MR) is 102 cm³/mol. The van der Waals surface area contributed by atoms with Crippen LogP contribution in [0.1, 0.15) is 15.9 Å². The van der Waals surface area contributed by atoms with Gasteiger partial charge in [0, 0.05) is 37.5 Å². The van der Waals surface area contributed by atoms with Gasteiger partial charge in [-0.1, -0.05) is 6.07 Å². The van der Waals surface area contributed by atoms with Gasteiger partial charge >= 0.3 is 6.61 Å². The number of hydrogen-bond acceptors (Lipinski definition) is 7. The molecule has 30 heavy (non-hydrogen) atoms. The van der Waals surface area contributed by atoms with Gasteiger partial charge < -0.3 is 14.4 Å². The molecular weight excluding hydrogens is 426 g/mol. The van der Waals surface area contributed by atoms with E-state index in [2.05, 4.69) is 4.74 Å². The van der Waals surface area contributed by atoms with Crippen LogP contribution in [0.15, 0.2) is 41.3 Å². The molecule has 0 bridgehead atoms. The van der Waals surface area contributed by atoms with Crippen LogP contribution in [0.25, 0.3) is 0 Å². The van der Waals surface area contributed by atoms with E-state index in [4.69, 9.17) is 4.74 Å². The maximum absolute atomic E-state index is 12.7. The fourth-order valence-corrected chi connectivity index (χ4v) is 3.27. The van der Waals surface area contributed by atoms with Crippen molar-refractivity contribution in [2.24, 2.45) is 0 Å². The van der Waals surface area contributed by atoms with E-state index in [0.717, 1.165) is 24.5 Å². The van der Waals surface area contributed by atoms with Gasteiger partial charge in [0.25, 0.3) is 11.6 Å². The van der Waals surface area contributed by atoms with E-state index in [1.807, 2.05) is 0 Å². The second kappa shape index (κ2) is 9.03. The zero-order chi connectivity index (χ0) is 22.6. The molecule has 0 saturated heterocycles. The van der Waals surface area contributed by atoms with Crippen LogP contribution in [0.2, 0.25) is 0 Å². The van der Waals surface area contributed by atoms with Crippen LogP contribution in [0.5, 0.6) is 11.5 Å². The molecule has 1 amide bonds. The lowest BCUT2D eigenvalue weighted by Crippen LogP contribution is -2.26. The second-order valence-electron chi connectivity index (χ2n) is 6.27. The summed E-state index contributed by atoms with van der Waals surface area (Å²) in [6.07, 6.45) is 0.874. The van der Waals surface area contributed by atoms with Crippen molar-refractivity contribution in [3.05, 3.63) is 57.6 Å². The van der Waals surface area contributed by atoms with Crippen molar-refractivity contribution in [3.63, 3.8) is 0 Å². The summed E-state index contributed by atoms with van der Waals surface area (Å²) in [6.45, 7) is -3.05. The molecule has 0 unspecified atom stereocenters. The Morgan fingerprint density at radius 1 is 1.20 bits per heavy atom. The van der Waals surface area contributed by atoms with Crippen molar-refractivity contribution in [3.8, 4) is 11.5 Å². The first-order chi connectivity index (χ1) is 13.9. The normalized spacial score (nSPS) is 11.3. The number of methoxy groups -OCH3 is 1. The third kappa shape index (κ3) is 5.63. The molecule has 0 aliphatic rings. The van der Waals surface area contributed by atoms with Crippen LogP contribution in [0, 0.1) is 10.1 Å². The van der Waals surface area contributed by atoms with Gasteiger partial charge in [0.15, 0.2) is 21.3 Å². The number of rotatable bonds is 8. The largest absolute Gasteiger partial charge is 0.493 e. The Morgan fingerprint density at radius 2 is 1.87 bits per heavy atom. The number of halogens is 2. The van der Waals surface area contributed by atoms with Crippen molar-refractivity contribution in [1.82, 2.24) is 4.90 Å². The molecule has 0 spiro atoms. The zero-order valence-electron chi connectivity index (χ0n) is 16.2. The SMILES string of the molecule is COc1cc(CN(C)C(=O)c2cc([N+](=O)[O-])cc(S(C)(=O)=O)c2)ccc1OC(F)F. The molecule has 9 nitrogen and oxygen atoms in total. The number of alkyl halides is 2. The maximum atomic E-state index is 12.7. The first-order valence-electron chi connectivity index (χ1n) is 8.29. The van der Waals surface area contributed by atoms with Crippen molar-refractivity contribution in [2.45, 2.75) is 18.1 Å². The molecule has 0 N–H and O–H groups in total. The van der Waals surface area contributed by atoms with E-state index >= 15 is 0 Å². The predicted octanol–water partition coefficient (Wildman–Crippen LogP) is 2.88.